The van der Waals surface area contributed by atoms with Crippen molar-refractivity contribution in [2.24, 2.45) is 0 Å². The molecule has 3 rings (SSSR count). The van der Waals surface area contributed by atoms with Crippen LogP contribution in [0.15, 0.2) is 62.6 Å². The topological polar surface area (TPSA) is 39.4 Å². The van der Waals surface area contributed by atoms with Crippen molar-refractivity contribution in [3.63, 3.8) is 0 Å². The molecule has 3 aromatic rings. The first-order valence-electron chi connectivity index (χ1n) is 6.46. The fourth-order valence-electron chi connectivity index (χ4n) is 2.14. The minimum Gasteiger partial charge on any atom is -0.455 e. The Hall–Kier alpha value is -2.41. The second-order valence-electron chi connectivity index (χ2n) is 4.68. The van der Waals surface area contributed by atoms with Gasteiger partial charge in [0.05, 0.1) is 10.3 Å². The summed E-state index contributed by atoms with van der Waals surface area (Å²) in [7, 11) is 0. The van der Waals surface area contributed by atoms with E-state index in [-0.39, 0.29) is 21.8 Å². The molecule has 0 fully saturated rings. The van der Waals surface area contributed by atoms with Gasteiger partial charge in [0, 0.05) is 5.56 Å². The van der Waals surface area contributed by atoms with E-state index in [0.29, 0.717) is 16.5 Å². The predicted octanol–water partition coefficient (Wildman–Crippen LogP) is 4.65. The van der Waals surface area contributed by atoms with E-state index in [9.17, 15) is 18.0 Å². The van der Waals surface area contributed by atoms with E-state index >= 15 is 0 Å². The molecule has 0 bridgehead atoms. The largest absolute Gasteiger partial charge is 0.573 e. The molecule has 118 valence electrons. The Bertz CT molecular complexity index is 914. The summed E-state index contributed by atoms with van der Waals surface area (Å²) in [6.45, 7) is 0. The molecule has 1 heterocycles. The Balaban J connectivity index is 2.07. The second kappa shape index (κ2) is 5.66. The molecule has 0 aliphatic rings. The highest BCUT2D eigenvalue weighted by Crippen LogP contribution is 2.30. The molecule has 0 radical (unpaired) electrons. The average molecular weight is 338 g/mol. The number of thiol groups is 1. The fraction of sp³-hybridized carbons (Fsp3) is 0.0625. The Labute approximate surface area is 133 Å². The van der Waals surface area contributed by atoms with Gasteiger partial charge in [0.15, 0.2) is 5.76 Å². The first-order chi connectivity index (χ1) is 10.8. The van der Waals surface area contributed by atoms with Crippen molar-refractivity contribution in [2.45, 2.75) is 11.3 Å². The normalized spacial score (nSPS) is 11.7. The average Bonchev–Trinajstić information content (AvgIpc) is 2.50. The Morgan fingerprint density at radius 3 is 2.30 bits per heavy atom. The molecule has 0 aliphatic heterocycles. The zero-order valence-corrected chi connectivity index (χ0v) is 12.3. The Morgan fingerprint density at radius 2 is 1.65 bits per heavy atom. The van der Waals surface area contributed by atoms with Crippen LogP contribution < -0.4 is 10.2 Å². The molecule has 7 heteroatoms. The summed E-state index contributed by atoms with van der Waals surface area (Å²) >= 11 is 4.18. The highest BCUT2D eigenvalue weighted by atomic mass is 32.1. The zero-order valence-electron chi connectivity index (χ0n) is 11.4. The summed E-state index contributed by atoms with van der Waals surface area (Å²) in [6, 6.07) is 11.7. The van der Waals surface area contributed by atoms with E-state index in [1.807, 2.05) is 0 Å². The van der Waals surface area contributed by atoms with Crippen molar-refractivity contribution < 1.29 is 22.3 Å². The van der Waals surface area contributed by atoms with E-state index in [1.54, 1.807) is 24.3 Å². The van der Waals surface area contributed by atoms with Crippen LogP contribution in [0.1, 0.15) is 0 Å². The molecule has 0 N–H and O–H groups in total. The van der Waals surface area contributed by atoms with Gasteiger partial charge >= 0.3 is 6.36 Å². The number of halogens is 3. The van der Waals surface area contributed by atoms with E-state index in [4.69, 9.17) is 4.42 Å². The van der Waals surface area contributed by atoms with Crippen LogP contribution in [0.25, 0.3) is 22.3 Å². The Morgan fingerprint density at radius 1 is 1.00 bits per heavy atom. The van der Waals surface area contributed by atoms with Crippen LogP contribution in [-0.2, 0) is 0 Å². The van der Waals surface area contributed by atoms with Gasteiger partial charge in [-0.05, 0) is 36.4 Å². The SMILES string of the molecule is O=c1c(S)c(-c2ccc(OC(F)(F)F)cc2)oc2ccccc12. The number of hydrogen-bond donors (Lipinski definition) is 1. The number of hydrogen-bond acceptors (Lipinski definition) is 4. The van der Waals surface area contributed by atoms with Crippen molar-refractivity contribution in [1.82, 2.24) is 0 Å². The molecule has 0 atom stereocenters. The van der Waals surface area contributed by atoms with Gasteiger partial charge in [0.25, 0.3) is 0 Å². The summed E-state index contributed by atoms with van der Waals surface area (Å²) in [5.41, 5.74) is 0.495. The number of alkyl halides is 3. The smallest absolute Gasteiger partial charge is 0.455 e. The third-order valence-electron chi connectivity index (χ3n) is 3.12. The minimum atomic E-state index is -4.76. The maximum Gasteiger partial charge on any atom is 0.573 e. The highest BCUT2D eigenvalue weighted by Gasteiger charge is 2.31. The highest BCUT2D eigenvalue weighted by molar-refractivity contribution is 7.80. The van der Waals surface area contributed by atoms with Crippen LogP contribution in [0, 0.1) is 0 Å². The van der Waals surface area contributed by atoms with Gasteiger partial charge in [0.1, 0.15) is 11.3 Å². The van der Waals surface area contributed by atoms with E-state index in [1.165, 1.54) is 12.1 Å². The van der Waals surface area contributed by atoms with E-state index in [0.717, 1.165) is 12.1 Å². The molecule has 0 unspecified atom stereocenters. The summed E-state index contributed by atoms with van der Waals surface area (Å²) < 4.78 is 46.0. The monoisotopic (exact) mass is 338 g/mol. The molecule has 0 saturated carbocycles. The molecular formula is C16H9F3O3S. The maximum atomic E-state index is 12.3. The quantitative estimate of drug-likeness (QED) is 0.692. The maximum absolute atomic E-state index is 12.3. The van der Waals surface area contributed by atoms with Crippen molar-refractivity contribution in [3.05, 3.63) is 58.8 Å². The van der Waals surface area contributed by atoms with Crippen LogP contribution in [0.5, 0.6) is 5.75 Å². The summed E-state index contributed by atoms with van der Waals surface area (Å²) in [4.78, 5) is 12.4. The molecule has 1 aromatic heterocycles. The van der Waals surface area contributed by atoms with Crippen LogP contribution in [-0.4, -0.2) is 6.36 Å². The lowest BCUT2D eigenvalue weighted by atomic mass is 10.1. The molecule has 0 aliphatic carbocycles. The van der Waals surface area contributed by atoms with Gasteiger partial charge < -0.3 is 9.15 Å². The molecule has 0 spiro atoms. The molecule has 0 amide bonds. The molecule has 2 aromatic carbocycles. The third-order valence-corrected chi connectivity index (χ3v) is 3.53. The number of fused-ring (bicyclic) bond motifs is 1. The predicted molar refractivity (Wildman–Crippen MR) is 81.9 cm³/mol. The minimum absolute atomic E-state index is 0.0909. The summed E-state index contributed by atoms with van der Waals surface area (Å²) in [6.07, 6.45) is -4.76. The molecule has 23 heavy (non-hydrogen) atoms. The number of para-hydroxylation sites is 1. The van der Waals surface area contributed by atoms with Gasteiger partial charge in [-0.15, -0.1) is 25.8 Å². The molecule has 0 saturated heterocycles. The lowest BCUT2D eigenvalue weighted by Gasteiger charge is -2.10. The van der Waals surface area contributed by atoms with Crippen molar-refractivity contribution >= 4 is 23.6 Å². The molecule has 3 nitrogen and oxygen atoms in total. The van der Waals surface area contributed by atoms with Crippen molar-refractivity contribution in [1.29, 1.82) is 0 Å². The lowest BCUT2D eigenvalue weighted by Crippen LogP contribution is -2.16. The first kappa shape index (κ1) is 15.5. The summed E-state index contributed by atoms with van der Waals surface area (Å²) in [5, 5.41) is 0.387. The fourth-order valence-corrected chi connectivity index (χ4v) is 2.43. The number of benzene rings is 2. The van der Waals surface area contributed by atoms with Crippen LogP contribution in [0.2, 0.25) is 0 Å². The van der Waals surface area contributed by atoms with Gasteiger partial charge in [-0.25, -0.2) is 0 Å². The zero-order chi connectivity index (χ0) is 16.6. The standard InChI is InChI=1S/C16H9F3O3S/c17-16(18,19)22-10-7-5-9(6-8-10)14-15(23)13(20)11-3-1-2-4-12(11)21-14/h1-8,23H. The molecular weight excluding hydrogens is 329 g/mol. The van der Waals surface area contributed by atoms with E-state index in [2.05, 4.69) is 17.4 Å². The van der Waals surface area contributed by atoms with Crippen LogP contribution in [0.3, 0.4) is 0 Å². The Kier molecular flexibility index (Phi) is 3.81. The second-order valence-corrected chi connectivity index (χ2v) is 5.12. The number of rotatable bonds is 2. The third kappa shape index (κ3) is 3.19. The van der Waals surface area contributed by atoms with Crippen molar-refractivity contribution in [2.75, 3.05) is 0 Å². The van der Waals surface area contributed by atoms with E-state index < -0.39 is 6.36 Å². The number of ether oxygens (including phenoxy) is 1. The summed E-state index contributed by atoms with van der Waals surface area (Å²) in [5.74, 6) is -0.166. The van der Waals surface area contributed by atoms with Gasteiger partial charge in [-0.2, -0.15) is 0 Å². The van der Waals surface area contributed by atoms with Crippen LogP contribution >= 0.6 is 12.6 Å². The van der Waals surface area contributed by atoms with Crippen LogP contribution in [0.4, 0.5) is 13.2 Å². The van der Waals surface area contributed by atoms with Gasteiger partial charge in [-0.3, -0.25) is 4.79 Å². The van der Waals surface area contributed by atoms with Gasteiger partial charge in [-0.1, -0.05) is 12.1 Å². The lowest BCUT2D eigenvalue weighted by molar-refractivity contribution is -0.274. The first-order valence-corrected chi connectivity index (χ1v) is 6.91. The van der Waals surface area contributed by atoms with Crippen molar-refractivity contribution in [3.8, 4) is 17.1 Å². The van der Waals surface area contributed by atoms with Gasteiger partial charge in [0.2, 0.25) is 5.43 Å².